The molecule has 0 fully saturated rings. The fourth-order valence-electron chi connectivity index (χ4n) is 2.09. The van der Waals surface area contributed by atoms with Gasteiger partial charge in [0.05, 0.1) is 11.4 Å². The number of nitrogens with zero attached hydrogens (tertiary/aromatic N) is 1. The van der Waals surface area contributed by atoms with E-state index in [0.29, 0.717) is 6.73 Å². The maximum Gasteiger partial charge on any atom is 0.118 e. The molecule has 3 heteroatoms. The molecule has 1 aliphatic heterocycles. The first kappa shape index (κ1) is 10.3. The van der Waals surface area contributed by atoms with Crippen LogP contribution in [0, 0.1) is 0 Å². The van der Waals surface area contributed by atoms with Crippen molar-refractivity contribution in [3.05, 3.63) is 24.3 Å². The van der Waals surface area contributed by atoms with E-state index in [-0.39, 0.29) is 5.54 Å². The highest BCUT2D eigenvalue weighted by atomic mass is 16.5. The molecule has 0 bridgehead atoms. The minimum absolute atomic E-state index is 0.0902. The van der Waals surface area contributed by atoms with Crippen LogP contribution in [0.25, 0.3) is 0 Å². The van der Waals surface area contributed by atoms with Crippen LogP contribution in [0.4, 0.5) is 11.4 Å². The Hall–Kier alpha value is -1.22. The lowest BCUT2D eigenvalue weighted by atomic mass is 10.00. The van der Waals surface area contributed by atoms with Crippen LogP contribution in [0.2, 0.25) is 0 Å². The number of ether oxygens (including phenoxy) is 1. The van der Waals surface area contributed by atoms with Crippen molar-refractivity contribution >= 4 is 11.4 Å². The summed E-state index contributed by atoms with van der Waals surface area (Å²) >= 11 is 0. The van der Waals surface area contributed by atoms with Gasteiger partial charge >= 0.3 is 0 Å². The number of methoxy groups -OCH3 is 1. The molecule has 0 amide bonds. The third-order valence-electron chi connectivity index (χ3n) is 2.59. The predicted octanol–water partition coefficient (Wildman–Crippen LogP) is 2.30. The summed E-state index contributed by atoms with van der Waals surface area (Å²) in [6.07, 6.45) is 0. The van der Waals surface area contributed by atoms with E-state index in [1.54, 1.807) is 7.11 Å². The lowest BCUT2D eigenvalue weighted by Gasteiger charge is -2.41. The van der Waals surface area contributed by atoms with Crippen LogP contribution in [-0.2, 0) is 4.74 Å². The van der Waals surface area contributed by atoms with E-state index in [0.717, 1.165) is 6.54 Å². The zero-order valence-corrected chi connectivity index (χ0v) is 9.58. The van der Waals surface area contributed by atoms with Crippen molar-refractivity contribution in [3.8, 4) is 0 Å². The van der Waals surface area contributed by atoms with Gasteiger partial charge in [-0.25, -0.2) is 0 Å². The number of fused-ring (bicyclic) bond motifs is 1. The summed E-state index contributed by atoms with van der Waals surface area (Å²) < 4.78 is 5.23. The van der Waals surface area contributed by atoms with Crippen molar-refractivity contribution in [3.63, 3.8) is 0 Å². The Morgan fingerprint density at radius 3 is 2.87 bits per heavy atom. The summed E-state index contributed by atoms with van der Waals surface area (Å²) in [4.78, 5) is 2.26. The molecule has 0 saturated heterocycles. The molecular formula is C12H18N2O. The monoisotopic (exact) mass is 206 g/mol. The van der Waals surface area contributed by atoms with Crippen molar-refractivity contribution in [2.75, 3.05) is 30.6 Å². The molecule has 1 aromatic carbocycles. The summed E-state index contributed by atoms with van der Waals surface area (Å²) in [6.45, 7) is 6.00. The van der Waals surface area contributed by atoms with Gasteiger partial charge in [-0.15, -0.1) is 0 Å². The fourth-order valence-corrected chi connectivity index (χ4v) is 2.09. The molecule has 1 aliphatic rings. The van der Waals surface area contributed by atoms with Gasteiger partial charge in [0.1, 0.15) is 6.73 Å². The third kappa shape index (κ3) is 2.07. The Kier molecular flexibility index (Phi) is 2.57. The Labute approximate surface area is 91.0 Å². The lowest BCUT2D eigenvalue weighted by molar-refractivity contribution is 0.192. The minimum atomic E-state index is 0.0902. The smallest absolute Gasteiger partial charge is 0.118 e. The van der Waals surface area contributed by atoms with E-state index in [1.165, 1.54) is 11.4 Å². The van der Waals surface area contributed by atoms with Gasteiger partial charge in [-0.2, -0.15) is 0 Å². The number of hydrogen-bond acceptors (Lipinski definition) is 3. The SMILES string of the molecule is COCN1CC(C)(C)Nc2ccccc21. The van der Waals surface area contributed by atoms with Crippen LogP contribution < -0.4 is 10.2 Å². The first-order valence-corrected chi connectivity index (χ1v) is 5.23. The second kappa shape index (κ2) is 3.74. The van der Waals surface area contributed by atoms with Crippen molar-refractivity contribution in [1.29, 1.82) is 0 Å². The van der Waals surface area contributed by atoms with Crippen molar-refractivity contribution < 1.29 is 4.74 Å². The number of anilines is 2. The van der Waals surface area contributed by atoms with Gasteiger partial charge < -0.3 is 15.0 Å². The van der Waals surface area contributed by atoms with Gasteiger partial charge in [-0.05, 0) is 26.0 Å². The first-order chi connectivity index (χ1) is 7.12. The molecule has 82 valence electrons. The highest BCUT2D eigenvalue weighted by molar-refractivity contribution is 5.73. The normalized spacial score (nSPS) is 18.2. The Bertz CT molecular complexity index is 349. The molecule has 0 saturated carbocycles. The average Bonchev–Trinajstić information content (AvgIpc) is 2.16. The maximum atomic E-state index is 5.23. The number of nitrogens with one attached hydrogen (secondary N) is 1. The maximum absolute atomic E-state index is 5.23. The molecule has 0 spiro atoms. The second-order valence-corrected chi connectivity index (χ2v) is 4.64. The minimum Gasteiger partial charge on any atom is -0.377 e. The molecule has 3 nitrogen and oxygen atoms in total. The highest BCUT2D eigenvalue weighted by Crippen LogP contribution is 2.33. The predicted molar refractivity (Wildman–Crippen MR) is 63.4 cm³/mol. The molecule has 0 unspecified atom stereocenters. The van der Waals surface area contributed by atoms with Gasteiger partial charge in [0, 0.05) is 19.2 Å². The lowest BCUT2D eigenvalue weighted by Crippen LogP contribution is -2.49. The van der Waals surface area contributed by atoms with Crippen molar-refractivity contribution in [2.24, 2.45) is 0 Å². The standard InChI is InChI=1S/C12H18N2O/c1-12(2)8-14(9-15-3)11-7-5-4-6-10(11)13-12/h4-7,13H,8-9H2,1-3H3. The van der Waals surface area contributed by atoms with Crippen LogP contribution in [0.3, 0.4) is 0 Å². The number of rotatable bonds is 2. The Morgan fingerprint density at radius 2 is 2.13 bits per heavy atom. The fraction of sp³-hybridized carbons (Fsp3) is 0.500. The van der Waals surface area contributed by atoms with E-state index in [9.17, 15) is 0 Å². The quantitative estimate of drug-likeness (QED) is 0.803. The Balaban J connectivity index is 2.34. The molecule has 1 heterocycles. The van der Waals surface area contributed by atoms with E-state index in [4.69, 9.17) is 4.74 Å². The van der Waals surface area contributed by atoms with E-state index < -0.39 is 0 Å². The zero-order valence-electron chi connectivity index (χ0n) is 9.58. The number of benzene rings is 1. The summed E-state index contributed by atoms with van der Waals surface area (Å²) in [6, 6.07) is 8.34. The van der Waals surface area contributed by atoms with Crippen molar-refractivity contribution in [1.82, 2.24) is 0 Å². The van der Waals surface area contributed by atoms with Gasteiger partial charge in [-0.3, -0.25) is 0 Å². The van der Waals surface area contributed by atoms with Crippen LogP contribution >= 0.6 is 0 Å². The molecule has 2 rings (SSSR count). The average molecular weight is 206 g/mol. The van der Waals surface area contributed by atoms with Gasteiger partial charge in [0.2, 0.25) is 0 Å². The molecule has 15 heavy (non-hydrogen) atoms. The van der Waals surface area contributed by atoms with E-state index >= 15 is 0 Å². The molecule has 0 aromatic heterocycles. The largest absolute Gasteiger partial charge is 0.377 e. The third-order valence-corrected chi connectivity index (χ3v) is 2.59. The topological polar surface area (TPSA) is 24.5 Å². The van der Waals surface area contributed by atoms with Gasteiger partial charge in [-0.1, -0.05) is 12.1 Å². The summed E-state index contributed by atoms with van der Waals surface area (Å²) in [5.74, 6) is 0. The van der Waals surface area contributed by atoms with Crippen LogP contribution in [0.15, 0.2) is 24.3 Å². The van der Waals surface area contributed by atoms with Crippen molar-refractivity contribution in [2.45, 2.75) is 19.4 Å². The van der Waals surface area contributed by atoms with E-state index in [2.05, 4.69) is 48.3 Å². The molecule has 1 aromatic rings. The Morgan fingerprint density at radius 1 is 1.40 bits per heavy atom. The van der Waals surface area contributed by atoms with Crippen LogP contribution in [0.5, 0.6) is 0 Å². The van der Waals surface area contributed by atoms with Gasteiger partial charge in [0.25, 0.3) is 0 Å². The summed E-state index contributed by atoms with van der Waals surface area (Å²) in [7, 11) is 1.73. The van der Waals surface area contributed by atoms with Crippen LogP contribution in [-0.4, -0.2) is 25.9 Å². The van der Waals surface area contributed by atoms with Gasteiger partial charge in [0.15, 0.2) is 0 Å². The number of hydrogen-bond donors (Lipinski definition) is 1. The summed E-state index contributed by atoms with van der Waals surface area (Å²) in [5.41, 5.74) is 2.50. The molecular weight excluding hydrogens is 188 g/mol. The second-order valence-electron chi connectivity index (χ2n) is 4.64. The molecule has 1 N–H and O–H groups in total. The highest BCUT2D eigenvalue weighted by Gasteiger charge is 2.28. The molecule has 0 atom stereocenters. The van der Waals surface area contributed by atoms with E-state index in [1.807, 2.05) is 0 Å². The number of para-hydroxylation sites is 2. The van der Waals surface area contributed by atoms with Crippen LogP contribution in [0.1, 0.15) is 13.8 Å². The first-order valence-electron chi connectivity index (χ1n) is 5.23. The molecule has 0 radical (unpaired) electrons. The summed E-state index contributed by atoms with van der Waals surface area (Å²) in [5, 5.41) is 3.53. The molecule has 0 aliphatic carbocycles. The zero-order chi connectivity index (χ0) is 10.9.